The maximum absolute atomic E-state index is 11.7. The number of benzene rings is 1. The maximum Gasteiger partial charge on any atom is 0.338 e. The third-order valence-electron chi connectivity index (χ3n) is 2.76. The summed E-state index contributed by atoms with van der Waals surface area (Å²) in [5, 5.41) is 9.33. The molecule has 2 aromatic rings. The smallest absolute Gasteiger partial charge is 0.338 e. The predicted octanol–water partition coefficient (Wildman–Crippen LogP) is 2.93. The first-order chi connectivity index (χ1) is 9.76. The van der Waals surface area contributed by atoms with Crippen molar-refractivity contribution in [3.8, 4) is 6.07 Å². The predicted molar refractivity (Wildman–Crippen MR) is 75.5 cm³/mol. The Kier molecular flexibility index (Phi) is 4.25. The fourth-order valence-corrected chi connectivity index (χ4v) is 1.80. The SMILES string of the molecule is COC(=O)c1ccccc1/C(C#N)=C\c1ccncc1. The van der Waals surface area contributed by atoms with Gasteiger partial charge >= 0.3 is 5.97 Å². The van der Waals surface area contributed by atoms with Crippen molar-refractivity contribution in [1.82, 2.24) is 4.98 Å². The van der Waals surface area contributed by atoms with E-state index in [1.807, 2.05) is 0 Å². The highest BCUT2D eigenvalue weighted by atomic mass is 16.5. The number of carbonyl (C=O) groups excluding carboxylic acids is 1. The molecule has 1 heterocycles. The molecule has 0 aliphatic heterocycles. The Morgan fingerprint density at radius 1 is 1.20 bits per heavy atom. The summed E-state index contributed by atoms with van der Waals surface area (Å²) in [5.74, 6) is -0.462. The van der Waals surface area contributed by atoms with E-state index in [0.29, 0.717) is 16.7 Å². The van der Waals surface area contributed by atoms with E-state index in [9.17, 15) is 10.1 Å². The summed E-state index contributed by atoms with van der Waals surface area (Å²) in [6.45, 7) is 0. The number of rotatable bonds is 3. The third-order valence-corrected chi connectivity index (χ3v) is 2.76. The normalized spacial score (nSPS) is 10.7. The standard InChI is InChI=1S/C16H12N2O2/c1-20-16(19)15-5-3-2-4-14(15)13(11-17)10-12-6-8-18-9-7-12/h2-10H,1H3/b13-10-. The Morgan fingerprint density at radius 3 is 2.45 bits per heavy atom. The van der Waals surface area contributed by atoms with Gasteiger partial charge in [0.1, 0.15) is 0 Å². The van der Waals surface area contributed by atoms with Gasteiger partial charge in [-0.25, -0.2) is 4.79 Å². The molecule has 0 aliphatic rings. The molecule has 4 heteroatoms. The van der Waals surface area contributed by atoms with E-state index >= 15 is 0 Å². The molecule has 2 rings (SSSR count). The number of carbonyl (C=O) groups is 1. The van der Waals surface area contributed by atoms with Gasteiger partial charge in [-0.1, -0.05) is 18.2 Å². The van der Waals surface area contributed by atoms with E-state index < -0.39 is 5.97 Å². The molecule has 0 aliphatic carbocycles. The maximum atomic E-state index is 11.7. The molecule has 0 radical (unpaired) electrons. The molecule has 1 aromatic heterocycles. The monoisotopic (exact) mass is 264 g/mol. The summed E-state index contributed by atoms with van der Waals surface area (Å²) >= 11 is 0. The van der Waals surface area contributed by atoms with Crippen molar-refractivity contribution in [3.63, 3.8) is 0 Å². The lowest BCUT2D eigenvalue weighted by atomic mass is 9.99. The molecule has 0 N–H and O–H groups in total. The van der Waals surface area contributed by atoms with Crippen LogP contribution in [0.25, 0.3) is 11.6 Å². The average molecular weight is 264 g/mol. The summed E-state index contributed by atoms with van der Waals surface area (Å²) in [6.07, 6.45) is 5.00. The van der Waals surface area contributed by atoms with E-state index in [2.05, 4.69) is 11.1 Å². The second-order valence-electron chi connectivity index (χ2n) is 3.99. The van der Waals surface area contributed by atoms with Gasteiger partial charge in [0, 0.05) is 18.0 Å². The molecule has 0 amide bonds. The molecule has 1 aromatic carbocycles. The van der Waals surface area contributed by atoms with E-state index in [1.165, 1.54) is 7.11 Å². The van der Waals surface area contributed by atoms with Crippen molar-refractivity contribution in [2.75, 3.05) is 7.11 Å². The highest BCUT2D eigenvalue weighted by Crippen LogP contribution is 2.22. The Morgan fingerprint density at radius 2 is 1.85 bits per heavy atom. The number of hydrogen-bond acceptors (Lipinski definition) is 4. The fourth-order valence-electron chi connectivity index (χ4n) is 1.80. The zero-order valence-electron chi connectivity index (χ0n) is 10.9. The van der Waals surface area contributed by atoms with Crippen LogP contribution in [0.3, 0.4) is 0 Å². The third kappa shape index (κ3) is 2.90. The summed E-state index contributed by atoms with van der Waals surface area (Å²) in [6, 6.07) is 12.6. The Labute approximate surface area is 117 Å². The number of aromatic nitrogens is 1. The molecule has 0 atom stereocenters. The average Bonchev–Trinajstić information content (AvgIpc) is 2.53. The lowest BCUT2D eigenvalue weighted by Gasteiger charge is -2.06. The summed E-state index contributed by atoms with van der Waals surface area (Å²) in [5.41, 5.74) is 2.17. The molecular formula is C16H12N2O2. The molecule has 0 bridgehead atoms. The molecule has 0 fully saturated rings. The Hall–Kier alpha value is -2.93. The molecule has 0 unspecified atom stereocenters. The molecule has 98 valence electrons. The van der Waals surface area contributed by atoms with Gasteiger partial charge in [-0.15, -0.1) is 0 Å². The van der Waals surface area contributed by atoms with Gasteiger partial charge in [0.05, 0.1) is 24.3 Å². The number of methoxy groups -OCH3 is 1. The van der Waals surface area contributed by atoms with E-state index in [4.69, 9.17) is 4.74 Å². The molecule has 0 saturated heterocycles. The second kappa shape index (κ2) is 6.30. The summed E-state index contributed by atoms with van der Waals surface area (Å²) in [7, 11) is 1.32. The molecule has 0 spiro atoms. The van der Waals surface area contributed by atoms with Gasteiger partial charge in [-0.3, -0.25) is 4.98 Å². The van der Waals surface area contributed by atoms with Crippen LogP contribution < -0.4 is 0 Å². The van der Waals surface area contributed by atoms with E-state index in [-0.39, 0.29) is 0 Å². The number of allylic oxidation sites excluding steroid dienone is 1. The number of nitrogens with zero attached hydrogens (tertiary/aromatic N) is 2. The first-order valence-corrected chi connectivity index (χ1v) is 5.96. The highest BCUT2D eigenvalue weighted by molar-refractivity contribution is 6.00. The van der Waals surface area contributed by atoms with Gasteiger partial charge in [0.2, 0.25) is 0 Å². The van der Waals surface area contributed by atoms with Crippen molar-refractivity contribution in [1.29, 1.82) is 5.26 Å². The molecule has 4 nitrogen and oxygen atoms in total. The molecular weight excluding hydrogens is 252 g/mol. The van der Waals surface area contributed by atoms with Crippen LogP contribution in [0.2, 0.25) is 0 Å². The number of hydrogen-bond donors (Lipinski definition) is 0. The highest BCUT2D eigenvalue weighted by Gasteiger charge is 2.14. The Balaban J connectivity index is 2.51. The van der Waals surface area contributed by atoms with Crippen molar-refractivity contribution in [2.45, 2.75) is 0 Å². The van der Waals surface area contributed by atoms with E-state index in [1.54, 1.807) is 54.9 Å². The molecule has 20 heavy (non-hydrogen) atoms. The fraction of sp³-hybridized carbons (Fsp3) is 0.0625. The van der Waals surface area contributed by atoms with Gasteiger partial charge in [0.25, 0.3) is 0 Å². The number of esters is 1. The van der Waals surface area contributed by atoms with Gasteiger partial charge in [0.15, 0.2) is 0 Å². The molecule has 0 saturated carbocycles. The van der Waals surface area contributed by atoms with Gasteiger partial charge < -0.3 is 4.74 Å². The minimum Gasteiger partial charge on any atom is -0.465 e. The van der Waals surface area contributed by atoms with Crippen molar-refractivity contribution in [2.24, 2.45) is 0 Å². The number of nitriles is 1. The minimum absolute atomic E-state index is 0.372. The van der Waals surface area contributed by atoms with Crippen LogP contribution in [0.15, 0.2) is 48.8 Å². The van der Waals surface area contributed by atoms with Crippen molar-refractivity contribution < 1.29 is 9.53 Å². The van der Waals surface area contributed by atoms with E-state index in [0.717, 1.165) is 5.56 Å². The number of pyridine rings is 1. The number of ether oxygens (including phenoxy) is 1. The summed E-state index contributed by atoms with van der Waals surface area (Å²) in [4.78, 5) is 15.7. The lowest BCUT2D eigenvalue weighted by molar-refractivity contribution is 0.0600. The largest absolute Gasteiger partial charge is 0.465 e. The lowest BCUT2D eigenvalue weighted by Crippen LogP contribution is -2.04. The first kappa shape index (κ1) is 13.5. The van der Waals surface area contributed by atoms with Crippen LogP contribution in [-0.4, -0.2) is 18.1 Å². The second-order valence-corrected chi connectivity index (χ2v) is 3.99. The first-order valence-electron chi connectivity index (χ1n) is 5.96. The van der Waals surface area contributed by atoms with Crippen LogP contribution in [0.4, 0.5) is 0 Å². The zero-order valence-corrected chi connectivity index (χ0v) is 10.9. The minimum atomic E-state index is -0.462. The van der Waals surface area contributed by atoms with Crippen LogP contribution in [0, 0.1) is 11.3 Å². The van der Waals surface area contributed by atoms with Crippen molar-refractivity contribution >= 4 is 17.6 Å². The Bertz CT molecular complexity index is 685. The van der Waals surface area contributed by atoms with Crippen LogP contribution in [0.1, 0.15) is 21.5 Å². The summed E-state index contributed by atoms with van der Waals surface area (Å²) < 4.78 is 4.74. The van der Waals surface area contributed by atoms with Crippen LogP contribution >= 0.6 is 0 Å². The van der Waals surface area contributed by atoms with Crippen LogP contribution in [-0.2, 0) is 4.74 Å². The zero-order chi connectivity index (χ0) is 14.4. The van der Waals surface area contributed by atoms with Crippen LogP contribution in [0.5, 0.6) is 0 Å². The van der Waals surface area contributed by atoms with Gasteiger partial charge in [-0.2, -0.15) is 5.26 Å². The van der Waals surface area contributed by atoms with Crippen molar-refractivity contribution in [3.05, 3.63) is 65.5 Å². The quantitative estimate of drug-likeness (QED) is 0.631. The van der Waals surface area contributed by atoms with Gasteiger partial charge in [-0.05, 0) is 29.8 Å². The topological polar surface area (TPSA) is 63.0 Å².